The van der Waals surface area contributed by atoms with Gasteiger partial charge in [0.2, 0.25) is 5.78 Å². The zero-order valence-electron chi connectivity index (χ0n) is 16.3. The van der Waals surface area contributed by atoms with E-state index in [0.29, 0.717) is 40.5 Å². The maximum absolute atomic E-state index is 12.9. The lowest BCUT2D eigenvalue weighted by molar-refractivity contribution is 0.0834. The number of hydrogen-bond donors (Lipinski definition) is 1. The van der Waals surface area contributed by atoms with E-state index in [-0.39, 0.29) is 28.5 Å². The molecule has 4 rings (SSSR count). The van der Waals surface area contributed by atoms with Crippen LogP contribution in [0.5, 0.6) is 28.7 Å². The van der Waals surface area contributed by atoms with Crippen LogP contribution in [0.4, 0.5) is 0 Å². The molecule has 0 saturated carbocycles. The average molecular weight is 382 g/mol. The Kier molecular flexibility index (Phi) is 4.22. The quantitative estimate of drug-likeness (QED) is 0.805. The van der Waals surface area contributed by atoms with Crippen LogP contribution < -0.4 is 18.9 Å². The molecule has 1 N–H and O–H groups in total. The molecule has 0 unspecified atom stereocenters. The van der Waals surface area contributed by atoms with Crippen LogP contribution in [0.25, 0.3) is 6.08 Å². The monoisotopic (exact) mass is 382 g/mol. The molecular formula is C22H22O6. The average Bonchev–Trinajstić information content (AvgIpc) is 2.96. The lowest BCUT2D eigenvalue weighted by Crippen LogP contribution is -2.32. The summed E-state index contributed by atoms with van der Waals surface area (Å²) in [4.78, 5) is 12.9. The zero-order chi connectivity index (χ0) is 20.1. The Morgan fingerprint density at radius 2 is 1.93 bits per heavy atom. The van der Waals surface area contributed by atoms with E-state index in [1.165, 1.54) is 0 Å². The van der Waals surface area contributed by atoms with E-state index < -0.39 is 0 Å². The van der Waals surface area contributed by atoms with Gasteiger partial charge in [0, 0.05) is 23.3 Å². The molecule has 0 amide bonds. The van der Waals surface area contributed by atoms with Crippen LogP contribution >= 0.6 is 0 Å². The van der Waals surface area contributed by atoms with Gasteiger partial charge in [-0.15, -0.1) is 0 Å². The number of benzene rings is 2. The molecule has 0 saturated heterocycles. The van der Waals surface area contributed by atoms with Crippen LogP contribution in [0, 0.1) is 0 Å². The third-order valence-electron chi connectivity index (χ3n) is 5.09. The van der Waals surface area contributed by atoms with Crippen molar-refractivity contribution in [1.82, 2.24) is 0 Å². The second-order valence-electron chi connectivity index (χ2n) is 7.48. The van der Waals surface area contributed by atoms with Gasteiger partial charge in [0.25, 0.3) is 0 Å². The number of allylic oxidation sites excluding steroid dienone is 1. The molecule has 0 radical (unpaired) electrons. The third kappa shape index (κ3) is 2.95. The number of phenolic OH excluding ortho intramolecular Hbond substituents is 1. The van der Waals surface area contributed by atoms with E-state index in [9.17, 15) is 9.90 Å². The minimum atomic E-state index is -0.363. The fourth-order valence-electron chi connectivity index (χ4n) is 3.53. The first-order chi connectivity index (χ1) is 13.3. The fourth-order valence-corrected chi connectivity index (χ4v) is 3.53. The summed E-state index contributed by atoms with van der Waals surface area (Å²) >= 11 is 0. The van der Waals surface area contributed by atoms with E-state index in [2.05, 4.69) is 0 Å². The lowest BCUT2D eigenvalue weighted by atomic mass is 9.91. The number of Topliss-reactive ketones (excluding diaryl/α,β-unsaturated/α-hetero) is 1. The number of rotatable bonds is 3. The standard InChI is InChI=1S/C22H22O6/c1-22(2)8-7-14-16(28-22)11-17-19(20(14)23)21(24)18(27-17)9-12-5-6-13(25-3)10-15(12)26-4/h5-6,9-11,23H,7-8H2,1-4H3. The highest BCUT2D eigenvalue weighted by Crippen LogP contribution is 2.48. The molecule has 0 aromatic heterocycles. The highest BCUT2D eigenvalue weighted by Gasteiger charge is 2.37. The zero-order valence-corrected chi connectivity index (χ0v) is 16.3. The fraction of sp³-hybridized carbons (Fsp3) is 0.318. The van der Waals surface area contributed by atoms with Crippen molar-refractivity contribution < 1.29 is 28.8 Å². The Morgan fingerprint density at radius 3 is 2.64 bits per heavy atom. The minimum Gasteiger partial charge on any atom is -0.507 e. The Labute approximate surface area is 163 Å². The van der Waals surface area contributed by atoms with Crippen molar-refractivity contribution >= 4 is 11.9 Å². The molecule has 0 spiro atoms. The topological polar surface area (TPSA) is 74.2 Å². The number of carbonyl (C=O) groups is 1. The van der Waals surface area contributed by atoms with Gasteiger partial charge in [-0.05, 0) is 44.9 Å². The van der Waals surface area contributed by atoms with Crippen molar-refractivity contribution in [2.75, 3.05) is 14.2 Å². The molecule has 0 bridgehead atoms. The molecule has 6 nitrogen and oxygen atoms in total. The van der Waals surface area contributed by atoms with E-state index >= 15 is 0 Å². The number of aromatic hydroxyl groups is 1. The summed E-state index contributed by atoms with van der Waals surface area (Å²) in [6.45, 7) is 3.99. The summed E-state index contributed by atoms with van der Waals surface area (Å²) in [5.41, 5.74) is 1.17. The van der Waals surface area contributed by atoms with Gasteiger partial charge in [0.05, 0.1) is 14.2 Å². The summed E-state index contributed by atoms with van der Waals surface area (Å²) in [5.74, 6) is 1.76. The highest BCUT2D eigenvalue weighted by molar-refractivity contribution is 6.16. The third-order valence-corrected chi connectivity index (χ3v) is 5.09. The predicted octanol–water partition coefficient (Wildman–Crippen LogP) is 4.13. The number of phenols is 1. The van der Waals surface area contributed by atoms with Crippen LogP contribution in [0.2, 0.25) is 0 Å². The highest BCUT2D eigenvalue weighted by atomic mass is 16.5. The van der Waals surface area contributed by atoms with E-state index in [1.54, 1.807) is 44.6 Å². The Morgan fingerprint density at radius 1 is 1.14 bits per heavy atom. The number of ketones is 1. The second-order valence-corrected chi connectivity index (χ2v) is 7.48. The molecule has 2 aliphatic rings. The lowest BCUT2D eigenvalue weighted by Gasteiger charge is -2.33. The molecule has 0 aliphatic carbocycles. The molecule has 6 heteroatoms. The Bertz CT molecular complexity index is 1000. The molecule has 0 fully saturated rings. The first kappa shape index (κ1) is 18.2. The van der Waals surface area contributed by atoms with Crippen LogP contribution in [0.15, 0.2) is 30.0 Å². The van der Waals surface area contributed by atoms with Gasteiger partial charge in [-0.1, -0.05) is 0 Å². The van der Waals surface area contributed by atoms with Crippen molar-refractivity contribution in [3.8, 4) is 28.7 Å². The van der Waals surface area contributed by atoms with Crippen molar-refractivity contribution in [1.29, 1.82) is 0 Å². The van der Waals surface area contributed by atoms with Gasteiger partial charge in [-0.2, -0.15) is 0 Å². The first-order valence-corrected chi connectivity index (χ1v) is 9.07. The molecule has 28 heavy (non-hydrogen) atoms. The van der Waals surface area contributed by atoms with Gasteiger partial charge in [0.1, 0.15) is 39.9 Å². The number of carbonyl (C=O) groups excluding carboxylic acids is 1. The molecule has 2 aliphatic heterocycles. The second kappa shape index (κ2) is 6.48. The van der Waals surface area contributed by atoms with Crippen molar-refractivity contribution in [2.45, 2.75) is 32.3 Å². The SMILES string of the molecule is COc1ccc(C=C2Oc3cc4c(c(O)c3C2=O)CCC(C)(C)O4)c(OC)c1. The maximum Gasteiger partial charge on any atom is 0.235 e. The Balaban J connectivity index is 1.74. The number of ether oxygens (including phenoxy) is 4. The molecule has 2 aromatic rings. The van der Waals surface area contributed by atoms with Crippen molar-refractivity contribution in [3.05, 3.63) is 46.7 Å². The Hall–Kier alpha value is -3.15. The molecular weight excluding hydrogens is 360 g/mol. The van der Waals surface area contributed by atoms with Crippen LogP contribution in [-0.2, 0) is 6.42 Å². The summed E-state index contributed by atoms with van der Waals surface area (Å²) in [5, 5.41) is 10.7. The van der Waals surface area contributed by atoms with Crippen LogP contribution in [0.1, 0.15) is 41.8 Å². The molecule has 2 aromatic carbocycles. The van der Waals surface area contributed by atoms with Crippen LogP contribution in [0.3, 0.4) is 0 Å². The summed E-state index contributed by atoms with van der Waals surface area (Å²) in [6.07, 6.45) is 3.00. The maximum atomic E-state index is 12.9. The van der Waals surface area contributed by atoms with Gasteiger partial charge in [-0.25, -0.2) is 0 Å². The molecule has 0 atom stereocenters. The summed E-state index contributed by atoms with van der Waals surface area (Å²) < 4.78 is 22.3. The normalized spacial score (nSPS) is 18.1. The van der Waals surface area contributed by atoms with Gasteiger partial charge < -0.3 is 24.1 Å². The number of fused-ring (bicyclic) bond motifs is 2. The van der Waals surface area contributed by atoms with Gasteiger partial charge >= 0.3 is 0 Å². The predicted molar refractivity (Wildman–Crippen MR) is 104 cm³/mol. The summed E-state index contributed by atoms with van der Waals surface area (Å²) in [7, 11) is 3.11. The molecule has 146 valence electrons. The van der Waals surface area contributed by atoms with Gasteiger partial charge in [-0.3, -0.25) is 4.79 Å². The molecule has 2 heterocycles. The van der Waals surface area contributed by atoms with E-state index in [4.69, 9.17) is 18.9 Å². The first-order valence-electron chi connectivity index (χ1n) is 9.07. The smallest absolute Gasteiger partial charge is 0.235 e. The van der Waals surface area contributed by atoms with Crippen molar-refractivity contribution in [3.63, 3.8) is 0 Å². The number of methoxy groups -OCH3 is 2. The van der Waals surface area contributed by atoms with Gasteiger partial charge in [0.15, 0.2) is 5.76 Å². The van der Waals surface area contributed by atoms with Crippen LogP contribution in [-0.4, -0.2) is 30.7 Å². The largest absolute Gasteiger partial charge is 0.507 e. The summed E-state index contributed by atoms with van der Waals surface area (Å²) in [6, 6.07) is 6.97. The minimum absolute atomic E-state index is 0.0573. The van der Waals surface area contributed by atoms with E-state index in [1.807, 2.05) is 13.8 Å². The van der Waals surface area contributed by atoms with E-state index in [0.717, 1.165) is 6.42 Å². The van der Waals surface area contributed by atoms with Crippen molar-refractivity contribution in [2.24, 2.45) is 0 Å². The number of hydrogen-bond acceptors (Lipinski definition) is 6.